The Balaban J connectivity index is 1.53. The van der Waals surface area contributed by atoms with E-state index in [9.17, 15) is 14.4 Å². The van der Waals surface area contributed by atoms with Gasteiger partial charge < -0.3 is 20.4 Å². The molecule has 8 heteroatoms. The molecule has 7 nitrogen and oxygen atoms in total. The summed E-state index contributed by atoms with van der Waals surface area (Å²) in [5.74, 6) is -0.418. The zero-order chi connectivity index (χ0) is 21.7. The van der Waals surface area contributed by atoms with E-state index in [1.807, 2.05) is 13.0 Å². The Labute approximate surface area is 180 Å². The highest BCUT2D eigenvalue weighted by Gasteiger charge is 2.25. The van der Waals surface area contributed by atoms with Crippen molar-refractivity contribution in [3.05, 3.63) is 71.3 Å². The number of hydrogen-bond donors (Lipinski definition) is 2. The number of urea groups is 1. The molecule has 2 aromatic carbocycles. The molecule has 4 amide bonds. The van der Waals surface area contributed by atoms with E-state index in [0.29, 0.717) is 48.1 Å². The zero-order valence-corrected chi connectivity index (χ0v) is 17.4. The van der Waals surface area contributed by atoms with Gasteiger partial charge in [-0.05, 0) is 55.0 Å². The molecule has 1 aliphatic heterocycles. The molecule has 1 saturated heterocycles. The minimum atomic E-state index is -0.309. The predicted molar refractivity (Wildman–Crippen MR) is 118 cm³/mol. The second-order valence-electron chi connectivity index (χ2n) is 6.94. The Kier molecular flexibility index (Phi) is 6.74. The topological polar surface area (TPSA) is 81.8 Å². The van der Waals surface area contributed by atoms with Crippen molar-refractivity contribution in [3.8, 4) is 0 Å². The van der Waals surface area contributed by atoms with Crippen LogP contribution >= 0.6 is 11.6 Å². The number of anilines is 2. The van der Waals surface area contributed by atoms with E-state index in [-0.39, 0.29) is 17.8 Å². The van der Waals surface area contributed by atoms with Crippen molar-refractivity contribution in [1.29, 1.82) is 0 Å². The first-order valence-electron chi connectivity index (χ1n) is 9.52. The van der Waals surface area contributed by atoms with Gasteiger partial charge in [0, 0.05) is 48.1 Å². The first-order chi connectivity index (χ1) is 14.4. The minimum absolute atomic E-state index is 0.109. The molecule has 156 valence electrons. The SMILES string of the molecule is C=CC(=O)Nc1ccc(C(=O)N2CCN(C(=O)Nc3ccc(C)c(Cl)c3)CC2)cc1. The number of rotatable bonds is 4. The van der Waals surface area contributed by atoms with Crippen LogP contribution < -0.4 is 10.6 Å². The fraction of sp³-hybridized carbons (Fsp3) is 0.227. The fourth-order valence-corrected chi connectivity index (χ4v) is 3.24. The molecule has 2 N–H and O–H groups in total. The average Bonchev–Trinajstić information content (AvgIpc) is 2.76. The summed E-state index contributed by atoms with van der Waals surface area (Å²) < 4.78 is 0. The molecule has 3 rings (SSSR count). The summed E-state index contributed by atoms with van der Waals surface area (Å²) >= 11 is 6.10. The van der Waals surface area contributed by atoms with Crippen LogP contribution in [-0.2, 0) is 4.79 Å². The van der Waals surface area contributed by atoms with Crippen LogP contribution in [0, 0.1) is 6.92 Å². The van der Waals surface area contributed by atoms with Gasteiger partial charge in [0.25, 0.3) is 5.91 Å². The summed E-state index contributed by atoms with van der Waals surface area (Å²) in [6, 6.07) is 11.8. The van der Waals surface area contributed by atoms with Crippen LogP contribution in [0.3, 0.4) is 0 Å². The van der Waals surface area contributed by atoms with E-state index in [1.54, 1.807) is 46.2 Å². The van der Waals surface area contributed by atoms with E-state index in [1.165, 1.54) is 6.08 Å². The van der Waals surface area contributed by atoms with Crippen LogP contribution in [0.1, 0.15) is 15.9 Å². The molecule has 2 aromatic rings. The Morgan fingerprint density at radius 3 is 2.13 bits per heavy atom. The minimum Gasteiger partial charge on any atom is -0.335 e. The molecule has 1 aliphatic rings. The number of halogens is 1. The normalized spacial score (nSPS) is 13.5. The lowest BCUT2D eigenvalue weighted by Gasteiger charge is -2.34. The van der Waals surface area contributed by atoms with Gasteiger partial charge in [-0.2, -0.15) is 0 Å². The van der Waals surface area contributed by atoms with Gasteiger partial charge in [0.05, 0.1) is 0 Å². The Bertz CT molecular complexity index is 967. The monoisotopic (exact) mass is 426 g/mol. The number of aryl methyl sites for hydroxylation is 1. The highest BCUT2D eigenvalue weighted by molar-refractivity contribution is 6.31. The molecular weight excluding hydrogens is 404 g/mol. The summed E-state index contributed by atoms with van der Waals surface area (Å²) in [4.78, 5) is 39.9. The quantitative estimate of drug-likeness (QED) is 0.730. The van der Waals surface area contributed by atoms with E-state index < -0.39 is 0 Å². The number of hydrogen-bond acceptors (Lipinski definition) is 3. The Morgan fingerprint density at radius 1 is 0.933 bits per heavy atom. The number of piperazine rings is 1. The van der Waals surface area contributed by atoms with Crippen molar-refractivity contribution in [1.82, 2.24) is 9.80 Å². The molecule has 0 saturated carbocycles. The third-order valence-electron chi connectivity index (χ3n) is 4.86. The van der Waals surface area contributed by atoms with Gasteiger partial charge in [-0.25, -0.2) is 4.79 Å². The highest BCUT2D eigenvalue weighted by Crippen LogP contribution is 2.20. The average molecular weight is 427 g/mol. The van der Waals surface area contributed by atoms with Gasteiger partial charge in [-0.1, -0.05) is 24.2 Å². The van der Waals surface area contributed by atoms with Gasteiger partial charge in [-0.3, -0.25) is 9.59 Å². The van der Waals surface area contributed by atoms with Crippen LogP contribution in [0.5, 0.6) is 0 Å². The van der Waals surface area contributed by atoms with Crippen LogP contribution in [0.2, 0.25) is 5.02 Å². The Hall–Kier alpha value is -3.32. The molecule has 0 radical (unpaired) electrons. The van der Waals surface area contributed by atoms with Crippen LogP contribution in [0.25, 0.3) is 0 Å². The van der Waals surface area contributed by atoms with Crippen molar-refractivity contribution >= 4 is 40.8 Å². The highest BCUT2D eigenvalue weighted by atomic mass is 35.5. The maximum Gasteiger partial charge on any atom is 0.321 e. The molecule has 1 fully saturated rings. The molecule has 0 unspecified atom stereocenters. The molecule has 0 aliphatic carbocycles. The van der Waals surface area contributed by atoms with Crippen LogP contribution in [0.4, 0.5) is 16.2 Å². The van der Waals surface area contributed by atoms with Crippen molar-refractivity contribution in [2.45, 2.75) is 6.92 Å². The Morgan fingerprint density at radius 2 is 1.53 bits per heavy atom. The van der Waals surface area contributed by atoms with Gasteiger partial charge in [0.2, 0.25) is 5.91 Å². The second kappa shape index (κ2) is 9.45. The van der Waals surface area contributed by atoms with Gasteiger partial charge in [0.15, 0.2) is 0 Å². The molecule has 0 aromatic heterocycles. The number of nitrogens with zero attached hydrogens (tertiary/aromatic N) is 2. The second-order valence-corrected chi connectivity index (χ2v) is 7.35. The maximum absolute atomic E-state index is 12.7. The summed E-state index contributed by atoms with van der Waals surface area (Å²) in [5.41, 5.74) is 2.70. The maximum atomic E-state index is 12.7. The molecule has 0 spiro atoms. The third-order valence-corrected chi connectivity index (χ3v) is 5.27. The summed E-state index contributed by atoms with van der Waals surface area (Å²) in [6.07, 6.45) is 1.18. The van der Waals surface area contributed by atoms with Crippen molar-refractivity contribution in [2.75, 3.05) is 36.8 Å². The van der Waals surface area contributed by atoms with Crippen molar-refractivity contribution in [3.63, 3.8) is 0 Å². The van der Waals surface area contributed by atoms with Gasteiger partial charge in [0.1, 0.15) is 0 Å². The van der Waals surface area contributed by atoms with E-state index in [0.717, 1.165) is 5.56 Å². The summed E-state index contributed by atoms with van der Waals surface area (Å²) in [7, 11) is 0. The summed E-state index contributed by atoms with van der Waals surface area (Å²) in [6.45, 7) is 7.05. The molecule has 30 heavy (non-hydrogen) atoms. The van der Waals surface area contributed by atoms with E-state index in [4.69, 9.17) is 11.6 Å². The van der Waals surface area contributed by atoms with Crippen molar-refractivity contribution in [2.24, 2.45) is 0 Å². The lowest BCUT2D eigenvalue weighted by atomic mass is 10.1. The standard InChI is InChI=1S/C22H23ClN4O3/c1-3-20(28)24-17-8-5-16(6-9-17)21(29)26-10-12-27(13-11-26)22(30)25-18-7-4-15(2)19(23)14-18/h3-9,14H,1,10-13H2,2H3,(H,24,28)(H,25,30). The number of carbonyl (C=O) groups excluding carboxylic acids is 3. The largest absolute Gasteiger partial charge is 0.335 e. The smallest absolute Gasteiger partial charge is 0.321 e. The zero-order valence-electron chi connectivity index (χ0n) is 16.7. The third kappa shape index (κ3) is 5.18. The van der Waals surface area contributed by atoms with Crippen molar-refractivity contribution < 1.29 is 14.4 Å². The molecule has 0 atom stereocenters. The van der Waals surface area contributed by atoms with Gasteiger partial charge >= 0.3 is 6.03 Å². The van der Waals surface area contributed by atoms with Gasteiger partial charge in [-0.15, -0.1) is 0 Å². The first-order valence-corrected chi connectivity index (χ1v) is 9.90. The van der Waals surface area contributed by atoms with Crippen LogP contribution in [0.15, 0.2) is 55.1 Å². The molecule has 1 heterocycles. The van der Waals surface area contributed by atoms with E-state index in [2.05, 4.69) is 17.2 Å². The summed E-state index contributed by atoms with van der Waals surface area (Å²) in [5, 5.41) is 6.08. The number of carbonyl (C=O) groups is 3. The fourth-order valence-electron chi connectivity index (χ4n) is 3.06. The van der Waals surface area contributed by atoms with E-state index >= 15 is 0 Å². The molecular formula is C22H23ClN4O3. The van der Waals surface area contributed by atoms with Crippen LogP contribution in [-0.4, -0.2) is 53.8 Å². The molecule has 0 bridgehead atoms. The number of amides is 4. The first kappa shape index (κ1) is 21.4. The lowest BCUT2D eigenvalue weighted by molar-refractivity contribution is -0.111. The number of benzene rings is 2. The lowest BCUT2D eigenvalue weighted by Crippen LogP contribution is -2.51. The number of nitrogens with one attached hydrogen (secondary N) is 2. The predicted octanol–water partition coefficient (Wildman–Crippen LogP) is 3.76.